The summed E-state index contributed by atoms with van der Waals surface area (Å²) in [6, 6.07) is 3.50. The Labute approximate surface area is 134 Å². The van der Waals surface area contributed by atoms with Gasteiger partial charge in [0.1, 0.15) is 0 Å². The quantitative estimate of drug-likeness (QED) is 0.794. The Morgan fingerprint density at radius 2 is 1.71 bits per heavy atom. The predicted octanol–water partition coefficient (Wildman–Crippen LogP) is 3.12. The molecule has 1 saturated heterocycles. The van der Waals surface area contributed by atoms with Crippen LogP contribution in [0.15, 0.2) is 12.1 Å². The number of amides is 2. The first kappa shape index (κ1) is 16.3. The number of thiophene rings is 1. The van der Waals surface area contributed by atoms with Crippen molar-refractivity contribution in [1.82, 2.24) is 9.80 Å². The Kier molecular flexibility index (Phi) is 4.94. The van der Waals surface area contributed by atoms with Crippen molar-refractivity contribution in [2.75, 3.05) is 26.2 Å². The van der Waals surface area contributed by atoms with Gasteiger partial charge in [-0.1, -0.05) is 32.4 Å². The fraction of sp³-hybridized carbons (Fsp3) is 0.600. The minimum atomic E-state index is -0.375. The molecular weight excluding hydrogens is 308 g/mol. The summed E-state index contributed by atoms with van der Waals surface area (Å²) in [6.45, 7) is 8.36. The number of hydrogen-bond donors (Lipinski definition) is 0. The molecule has 0 saturated carbocycles. The molecule has 0 spiro atoms. The molecule has 1 aliphatic heterocycles. The summed E-state index contributed by atoms with van der Waals surface area (Å²) in [4.78, 5) is 29.1. The average Bonchev–Trinajstić information content (AvgIpc) is 2.71. The minimum Gasteiger partial charge on any atom is -0.340 e. The summed E-state index contributed by atoms with van der Waals surface area (Å²) in [5.74, 6) is 0.160. The lowest BCUT2D eigenvalue weighted by Gasteiger charge is -2.28. The van der Waals surface area contributed by atoms with Gasteiger partial charge in [0.15, 0.2) is 0 Å². The number of nitrogens with zero attached hydrogens (tertiary/aromatic N) is 2. The third-order valence-electron chi connectivity index (χ3n) is 3.50. The van der Waals surface area contributed by atoms with E-state index in [9.17, 15) is 9.59 Å². The average molecular weight is 329 g/mol. The molecule has 21 heavy (non-hydrogen) atoms. The van der Waals surface area contributed by atoms with Crippen molar-refractivity contribution in [3.63, 3.8) is 0 Å². The Morgan fingerprint density at radius 1 is 1.10 bits per heavy atom. The molecule has 2 heterocycles. The SMILES string of the molecule is CC(C)(C)C(=O)N1CCCN(C(=O)c2ccc(Cl)s2)CC1. The molecular formula is C15H21ClN2O2S. The highest BCUT2D eigenvalue weighted by molar-refractivity contribution is 7.17. The van der Waals surface area contributed by atoms with Gasteiger partial charge in [0.05, 0.1) is 9.21 Å². The maximum absolute atomic E-state index is 12.4. The lowest BCUT2D eigenvalue weighted by molar-refractivity contribution is -0.139. The van der Waals surface area contributed by atoms with Crippen molar-refractivity contribution < 1.29 is 9.59 Å². The summed E-state index contributed by atoms with van der Waals surface area (Å²) in [5, 5.41) is 0. The van der Waals surface area contributed by atoms with Gasteiger partial charge in [-0.15, -0.1) is 11.3 Å². The fourth-order valence-electron chi connectivity index (χ4n) is 2.38. The molecule has 0 radical (unpaired) electrons. The molecule has 116 valence electrons. The summed E-state index contributed by atoms with van der Waals surface area (Å²) < 4.78 is 0.623. The lowest BCUT2D eigenvalue weighted by Crippen LogP contribution is -2.42. The van der Waals surface area contributed by atoms with Crippen LogP contribution in [0.5, 0.6) is 0 Å². The van der Waals surface area contributed by atoms with E-state index in [0.29, 0.717) is 35.4 Å². The van der Waals surface area contributed by atoms with E-state index in [-0.39, 0.29) is 17.2 Å². The van der Waals surface area contributed by atoms with Crippen LogP contribution in [-0.2, 0) is 4.79 Å². The van der Waals surface area contributed by atoms with E-state index in [2.05, 4.69) is 0 Å². The zero-order valence-electron chi connectivity index (χ0n) is 12.7. The van der Waals surface area contributed by atoms with E-state index in [1.807, 2.05) is 30.6 Å². The van der Waals surface area contributed by atoms with Crippen LogP contribution in [0.4, 0.5) is 0 Å². The van der Waals surface area contributed by atoms with Gasteiger partial charge >= 0.3 is 0 Å². The van der Waals surface area contributed by atoms with Crippen molar-refractivity contribution in [2.24, 2.45) is 5.41 Å². The molecule has 0 N–H and O–H groups in total. The molecule has 0 unspecified atom stereocenters. The summed E-state index contributed by atoms with van der Waals surface area (Å²) in [5.41, 5.74) is -0.375. The second-order valence-corrected chi connectivity index (χ2v) is 8.01. The van der Waals surface area contributed by atoms with E-state index in [1.54, 1.807) is 12.1 Å². The third-order valence-corrected chi connectivity index (χ3v) is 4.72. The molecule has 0 bridgehead atoms. The van der Waals surface area contributed by atoms with Crippen molar-refractivity contribution in [1.29, 1.82) is 0 Å². The van der Waals surface area contributed by atoms with E-state index < -0.39 is 0 Å². The van der Waals surface area contributed by atoms with Crippen LogP contribution in [0.2, 0.25) is 4.34 Å². The molecule has 2 rings (SSSR count). The first-order valence-corrected chi connectivity index (χ1v) is 8.32. The predicted molar refractivity (Wildman–Crippen MR) is 85.9 cm³/mol. The van der Waals surface area contributed by atoms with Crippen molar-refractivity contribution in [3.05, 3.63) is 21.3 Å². The Bertz CT molecular complexity index is 536. The Morgan fingerprint density at radius 3 is 2.29 bits per heavy atom. The van der Waals surface area contributed by atoms with Crippen molar-refractivity contribution in [3.8, 4) is 0 Å². The molecule has 1 aliphatic rings. The second kappa shape index (κ2) is 6.36. The fourth-order valence-corrected chi connectivity index (χ4v) is 3.39. The number of halogens is 1. The van der Waals surface area contributed by atoms with E-state index in [4.69, 9.17) is 11.6 Å². The third kappa shape index (κ3) is 3.98. The van der Waals surface area contributed by atoms with Crippen LogP contribution in [-0.4, -0.2) is 47.8 Å². The molecule has 1 fully saturated rings. The van der Waals surface area contributed by atoms with E-state index in [0.717, 1.165) is 6.42 Å². The summed E-state index contributed by atoms with van der Waals surface area (Å²) in [7, 11) is 0. The molecule has 1 aromatic rings. The first-order chi connectivity index (χ1) is 9.79. The van der Waals surface area contributed by atoms with E-state index >= 15 is 0 Å². The maximum atomic E-state index is 12.4. The normalized spacial score (nSPS) is 16.8. The van der Waals surface area contributed by atoms with Gasteiger partial charge in [-0.3, -0.25) is 9.59 Å². The zero-order chi connectivity index (χ0) is 15.6. The smallest absolute Gasteiger partial charge is 0.264 e. The molecule has 6 heteroatoms. The Balaban J connectivity index is 2.01. The first-order valence-electron chi connectivity index (χ1n) is 7.13. The molecule has 0 aromatic carbocycles. The minimum absolute atomic E-state index is 0.0111. The van der Waals surface area contributed by atoms with Gasteiger partial charge < -0.3 is 9.80 Å². The summed E-state index contributed by atoms with van der Waals surface area (Å²) in [6.07, 6.45) is 0.812. The van der Waals surface area contributed by atoms with Crippen LogP contribution >= 0.6 is 22.9 Å². The topological polar surface area (TPSA) is 40.6 Å². The highest BCUT2D eigenvalue weighted by Crippen LogP contribution is 2.24. The van der Waals surface area contributed by atoms with Gasteiger partial charge in [-0.2, -0.15) is 0 Å². The van der Waals surface area contributed by atoms with Gasteiger partial charge in [-0.05, 0) is 18.6 Å². The largest absolute Gasteiger partial charge is 0.340 e. The molecule has 2 amide bonds. The standard InChI is InChI=1S/C15H21ClN2O2S/c1-15(2,3)14(20)18-8-4-7-17(9-10-18)13(19)11-5-6-12(16)21-11/h5-6H,4,7-10H2,1-3H3. The zero-order valence-corrected chi connectivity index (χ0v) is 14.3. The molecule has 0 atom stereocenters. The van der Waals surface area contributed by atoms with Crippen LogP contribution in [0.1, 0.15) is 36.9 Å². The van der Waals surface area contributed by atoms with Crippen LogP contribution in [0.3, 0.4) is 0 Å². The number of rotatable bonds is 1. The summed E-state index contributed by atoms with van der Waals surface area (Å²) >= 11 is 7.19. The molecule has 0 aliphatic carbocycles. The number of carbonyl (C=O) groups is 2. The Hall–Kier alpha value is -1.07. The number of carbonyl (C=O) groups excluding carboxylic acids is 2. The highest BCUT2D eigenvalue weighted by atomic mass is 35.5. The monoisotopic (exact) mass is 328 g/mol. The van der Waals surface area contributed by atoms with Crippen molar-refractivity contribution >= 4 is 34.8 Å². The van der Waals surface area contributed by atoms with Crippen LogP contribution < -0.4 is 0 Å². The van der Waals surface area contributed by atoms with Crippen LogP contribution in [0.25, 0.3) is 0 Å². The van der Waals surface area contributed by atoms with Gasteiger partial charge in [0, 0.05) is 31.6 Å². The second-order valence-electron chi connectivity index (χ2n) is 6.29. The number of hydrogen-bond acceptors (Lipinski definition) is 3. The van der Waals surface area contributed by atoms with Gasteiger partial charge in [0.2, 0.25) is 5.91 Å². The van der Waals surface area contributed by atoms with Crippen LogP contribution in [0, 0.1) is 5.41 Å². The van der Waals surface area contributed by atoms with E-state index in [1.165, 1.54) is 11.3 Å². The van der Waals surface area contributed by atoms with Gasteiger partial charge in [0.25, 0.3) is 5.91 Å². The van der Waals surface area contributed by atoms with Gasteiger partial charge in [-0.25, -0.2) is 0 Å². The highest BCUT2D eigenvalue weighted by Gasteiger charge is 2.29. The maximum Gasteiger partial charge on any atom is 0.264 e. The molecule has 4 nitrogen and oxygen atoms in total. The van der Waals surface area contributed by atoms with Crippen molar-refractivity contribution in [2.45, 2.75) is 27.2 Å². The molecule has 1 aromatic heterocycles. The lowest BCUT2D eigenvalue weighted by atomic mass is 9.94.